The number of carbonyl (C=O) groups is 1. The fraction of sp³-hybridized carbons (Fsp3) is 0.188. The topological polar surface area (TPSA) is 29.5 Å². The van der Waals surface area contributed by atoms with E-state index in [0.717, 1.165) is 20.4 Å². The van der Waals surface area contributed by atoms with Crippen LogP contribution in [0.15, 0.2) is 48.5 Å². The van der Waals surface area contributed by atoms with Gasteiger partial charge in [0, 0.05) is 21.2 Å². The molecule has 0 aromatic heterocycles. The Morgan fingerprint density at radius 3 is 2.85 bits per heavy atom. The molecular weight excluding hydrogens is 365 g/mol. The number of amides is 1. The van der Waals surface area contributed by atoms with Crippen molar-refractivity contribution >= 4 is 28.5 Å². The fourth-order valence-electron chi connectivity index (χ4n) is 2.30. The average molecular weight is 379 g/mol. The lowest BCUT2D eigenvalue weighted by Crippen LogP contribution is -2.32. The summed E-state index contributed by atoms with van der Waals surface area (Å²) in [5.74, 6) is 0.939. The van der Waals surface area contributed by atoms with E-state index in [0.29, 0.717) is 19.7 Å². The van der Waals surface area contributed by atoms with Crippen molar-refractivity contribution in [3.05, 3.63) is 63.2 Å². The monoisotopic (exact) mass is 379 g/mol. The molecule has 1 aliphatic rings. The lowest BCUT2D eigenvalue weighted by Gasteiger charge is -2.20. The van der Waals surface area contributed by atoms with Gasteiger partial charge < -0.3 is 9.64 Å². The molecule has 0 saturated heterocycles. The van der Waals surface area contributed by atoms with Gasteiger partial charge in [-0.1, -0.05) is 24.3 Å². The van der Waals surface area contributed by atoms with E-state index in [1.165, 1.54) is 0 Å². The molecule has 4 heteroatoms. The molecule has 0 bridgehead atoms. The van der Waals surface area contributed by atoms with E-state index in [1.807, 2.05) is 53.4 Å². The minimum Gasteiger partial charge on any atom is -0.491 e. The van der Waals surface area contributed by atoms with Crippen LogP contribution in [-0.2, 0) is 6.54 Å². The van der Waals surface area contributed by atoms with Gasteiger partial charge in [-0.3, -0.25) is 4.79 Å². The maximum absolute atomic E-state index is 12.6. The molecule has 0 N–H and O–H groups in total. The second-order valence-electron chi connectivity index (χ2n) is 4.69. The van der Waals surface area contributed by atoms with Crippen molar-refractivity contribution in [1.82, 2.24) is 4.90 Å². The summed E-state index contributed by atoms with van der Waals surface area (Å²) in [7, 11) is 0. The van der Waals surface area contributed by atoms with Gasteiger partial charge in [0.2, 0.25) is 0 Å². The number of carbonyl (C=O) groups excluding carboxylic acids is 1. The van der Waals surface area contributed by atoms with Crippen molar-refractivity contribution in [3.8, 4) is 5.75 Å². The number of rotatable bonds is 1. The first kappa shape index (κ1) is 13.4. The van der Waals surface area contributed by atoms with Crippen LogP contribution in [0.25, 0.3) is 0 Å². The van der Waals surface area contributed by atoms with E-state index < -0.39 is 0 Å². The maximum Gasteiger partial charge on any atom is 0.254 e. The Labute approximate surface area is 131 Å². The van der Waals surface area contributed by atoms with Crippen molar-refractivity contribution in [3.63, 3.8) is 0 Å². The smallest absolute Gasteiger partial charge is 0.254 e. The Balaban J connectivity index is 1.86. The van der Waals surface area contributed by atoms with Crippen molar-refractivity contribution < 1.29 is 9.53 Å². The van der Waals surface area contributed by atoms with Crippen molar-refractivity contribution in [2.45, 2.75) is 6.54 Å². The highest BCUT2D eigenvalue weighted by Crippen LogP contribution is 2.23. The zero-order chi connectivity index (χ0) is 13.9. The molecule has 0 radical (unpaired) electrons. The van der Waals surface area contributed by atoms with Crippen molar-refractivity contribution in [2.75, 3.05) is 13.2 Å². The number of nitrogens with zero attached hydrogens (tertiary/aromatic N) is 1. The van der Waals surface area contributed by atoms with Gasteiger partial charge in [-0.05, 0) is 46.9 Å². The number of hydrogen-bond donors (Lipinski definition) is 0. The van der Waals surface area contributed by atoms with E-state index in [-0.39, 0.29) is 5.91 Å². The van der Waals surface area contributed by atoms with Crippen molar-refractivity contribution in [1.29, 1.82) is 0 Å². The summed E-state index contributed by atoms with van der Waals surface area (Å²) in [6.45, 7) is 1.74. The van der Waals surface area contributed by atoms with E-state index in [1.54, 1.807) is 0 Å². The molecule has 0 spiro atoms. The summed E-state index contributed by atoms with van der Waals surface area (Å²) in [5.41, 5.74) is 1.79. The third kappa shape index (κ3) is 2.80. The van der Waals surface area contributed by atoms with Gasteiger partial charge in [0.25, 0.3) is 5.91 Å². The van der Waals surface area contributed by atoms with Gasteiger partial charge in [0.05, 0.1) is 6.54 Å². The Morgan fingerprint density at radius 1 is 1.15 bits per heavy atom. The SMILES string of the molecule is O=C(c1cccc(I)c1)N1CCOc2ccccc2C1. The van der Waals surface area contributed by atoms with Crippen LogP contribution in [0.3, 0.4) is 0 Å². The minimum atomic E-state index is 0.0591. The first-order chi connectivity index (χ1) is 9.74. The molecule has 0 unspecified atom stereocenters. The molecule has 0 fully saturated rings. The number of ether oxygens (including phenoxy) is 1. The Kier molecular flexibility index (Phi) is 3.91. The summed E-state index contributed by atoms with van der Waals surface area (Å²) in [4.78, 5) is 14.4. The summed E-state index contributed by atoms with van der Waals surface area (Å²) in [6.07, 6.45) is 0. The number of halogens is 1. The van der Waals surface area contributed by atoms with E-state index >= 15 is 0 Å². The molecule has 2 aromatic carbocycles. The predicted octanol–water partition coefficient (Wildman–Crippen LogP) is 3.33. The second-order valence-corrected chi connectivity index (χ2v) is 5.94. The lowest BCUT2D eigenvalue weighted by molar-refractivity contribution is 0.0733. The van der Waals surface area contributed by atoms with Gasteiger partial charge in [0.15, 0.2) is 0 Å². The molecule has 3 rings (SSSR count). The summed E-state index contributed by atoms with van der Waals surface area (Å²) in [5, 5.41) is 0. The molecule has 0 aliphatic carbocycles. The predicted molar refractivity (Wildman–Crippen MR) is 85.8 cm³/mol. The molecule has 20 heavy (non-hydrogen) atoms. The molecule has 0 atom stereocenters. The van der Waals surface area contributed by atoms with Gasteiger partial charge in [-0.2, -0.15) is 0 Å². The third-order valence-corrected chi connectivity index (χ3v) is 3.98. The van der Waals surface area contributed by atoms with Crippen LogP contribution in [0.5, 0.6) is 5.75 Å². The van der Waals surface area contributed by atoms with Gasteiger partial charge in [0.1, 0.15) is 12.4 Å². The van der Waals surface area contributed by atoms with E-state index in [2.05, 4.69) is 22.6 Å². The average Bonchev–Trinajstić information content (AvgIpc) is 2.68. The summed E-state index contributed by atoms with van der Waals surface area (Å²) < 4.78 is 6.76. The molecule has 3 nitrogen and oxygen atoms in total. The van der Waals surface area contributed by atoms with E-state index in [4.69, 9.17) is 4.74 Å². The molecule has 2 aromatic rings. The second kappa shape index (κ2) is 5.83. The fourth-order valence-corrected chi connectivity index (χ4v) is 2.85. The van der Waals surface area contributed by atoms with Crippen LogP contribution < -0.4 is 4.74 Å². The maximum atomic E-state index is 12.6. The molecular formula is C16H14INO2. The number of benzene rings is 2. The summed E-state index contributed by atoms with van der Waals surface area (Å²) in [6, 6.07) is 15.6. The van der Waals surface area contributed by atoms with Gasteiger partial charge in [-0.25, -0.2) is 0 Å². The zero-order valence-electron chi connectivity index (χ0n) is 10.9. The highest BCUT2D eigenvalue weighted by atomic mass is 127. The number of fused-ring (bicyclic) bond motifs is 1. The zero-order valence-corrected chi connectivity index (χ0v) is 13.0. The van der Waals surface area contributed by atoms with Crippen LogP contribution in [0.2, 0.25) is 0 Å². The molecule has 102 valence electrons. The minimum absolute atomic E-state index is 0.0591. The van der Waals surface area contributed by atoms with E-state index in [9.17, 15) is 4.79 Å². The van der Waals surface area contributed by atoms with Gasteiger partial charge in [-0.15, -0.1) is 0 Å². The highest BCUT2D eigenvalue weighted by Gasteiger charge is 2.20. The lowest BCUT2D eigenvalue weighted by atomic mass is 10.1. The van der Waals surface area contributed by atoms with Crippen LogP contribution in [0, 0.1) is 3.57 Å². The molecule has 1 aliphatic heterocycles. The first-order valence-electron chi connectivity index (χ1n) is 6.49. The van der Waals surface area contributed by atoms with Crippen LogP contribution in [0.4, 0.5) is 0 Å². The quantitative estimate of drug-likeness (QED) is 0.712. The Hall–Kier alpha value is -1.56. The first-order valence-corrected chi connectivity index (χ1v) is 7.57. The summed E-state index contributed by atoms with van der Waals surface area (Å²) >= 11 is 2.22. The van der Waals surface area contributed by atoms with Crippen LogP contribution >= 0.6 is 22.6 Å². The van der Waals surface area contributed by atoms with Crippen molar-refractivity contribution in [2.24, 2.45) is 0 Å². The Bertz CT molecular complexity index is 642. The largest absolute Gasteiger partial charge is 0.491 e. The van der Waals surface area contributed by atoms with Crippen LogP contribution in [0.1, 0.15) is 15.9 Å². The highest BCUT2D eigenvalue weighted by molar-refractivity contribution is 14.1. The van der Waals surface area contributed by atoms with Crippen LogP contribution in [-0.4, -0.2) is 24.0 Å². The normalized spacial score (nSPS) is 14.2. The van der Waals surface area contributed by atoms with Gasteiger partial charge >= 0.3 is 0 Å². The molecule has 1 amide bonds. The third-order valence-electron chi connectivity index (χ3n) is 3.31. The standard InChI is InChI=1S/C16H14INO2/c17-14-6-3-5-12(10-14)16(19)18-8-9-20-15-7-2-1-4-13(15)11-18/h1-7,10H,8-9,11H2. The number of hydrogen-bond acceptors (Lipinski definition) is 2. The Morgan fingerprint density at radius 2 is 2.00 bits per heavy atom. The number of para-hydroxylation sites is 1. The molecule has 1 heterocycles. The molecule has 0 saturated carbocycles.